The first kappa shape index (κ1) is 10.9. The number of ether oxygens (including phenoxy) is 2. The molecule has 0 N–H and O–H groups in total. The summed E-state index contributed by atoms with van der Waals surface area (Å²) in [6.07, 6.45) is 4.58. The van der Waals surface area contributed by atoms with Crippen LogP contribution in [0.15, 0.2) is 0 Å². The lowest BCUT2D eigenvalue weighted by Crippen LogP contribution is -2.32. The summed E-state index contributed by atoms with van der Waals surface area (Å²) in [6.45, 7) is 4.32. The number of rotatable bonds is 5. The summed E-state index contributed by atoms with van der Waals surface area (Å²) in [7, 11) is 0. The highest BCUT2D eigenvalue weighted by Gasteiger charge is 2.24. The predicted octanol–water partition coefficient (Wildman–Crippen LogP) is 0.804. The van der Waals surface area contributed by atoms with Gasteiger partial charge in [-0.1, -0.05) is 6.42 Å². The minimum Gasteiger partial charge on any atom is -0.463 e. The highest BCUT2D eigenvalue weighted by molar-refractivity contribution is 5.69. The summed E-state index contributed by atoms with van der Waals surface area (Å²) >= 11 is 0. The van der Waals surface area contributed by atoms with E-state index in [0.29, 0.717) is 13.0 Å². The lowest BCUT2D eigenvalue weighted by Gasteiger charge is -2.25. The largest absolute Gasteiger partial charge is 0.463 e. The Bertz CT molecular complexity index is 210. The van der Waals surface area contributed by atoms with E-state index >= 15 is 0 Å². The molecule has 0 bridgehead atoms. The second-order valence-corrected chi connectivity index (χ2v) is 4.29. The molecule has 2 aliphatic rings. The first-order chi connectivity index (χ1) is 7.34. The first-order valence-corrected chi connectivity index (χ1v) is 5.84. The Morgan fingerprint density at radius 1 is 1.33 bits per heavy atom. The van der Waals surface area contributed by atoms with Crippen LogP contribution in [0.5, 0.6) is 0 Å². The summed E-state index contributed by atoms with van der Waals surface area (Å²) < 4.78 is 10.0. The van der Waals surface area contributed by atoms with Crippen molar-refractivity contribution in [3.8, 4) is 0 Å². The van der Waals surface area contributed by atoms with Crippen LogP contribution in [0.2, 0.25) is 0 Å². The predicted molar refractivity (Wildman–Crippen MR) is 55.6 cm³/mol. The zero-order chi connectivity index (χ0) is 10.5. The highest BCUT2D eigenvalue weighted by atomic mass is 16.6. The van der Waals surface area contributed by atoms with Crippen LogP contribution >= 0.6 is 0 Å². The third-order valence-corrected chi connectivity index (χ3v) is 2.91. The van der Waals surface area contributed by atoms with E-state index in [-0.39, 0.29) is 12.1 Å². The van der Waals surface area contributed by atoms with Crippen molar-refractivity contribution in [1.82, 2.24) is 4.90 Å². The van der Waals surface area contributed by atoms with Crippen molar-refractivity contribution in [2.75, 3.05) is 32.8 Å². The average molecular weight is 213 g/mol. The maximum absolute atomic E-state index is 11.3. The molecule has 2 rings (SSSR count). The third kappa shape index (κ3) is 4.18. The van der Waals surface area contributed by atoms with Crippen LogP contribution in [0.25, 0.3) is 0 Å². The van der Waals surface area contributed by atoms with Crippen LogP contribution in [0.1, 0.15) is 25.7 Å². The van der Waals surface area contributed by atoms with Crippen molar-refractivity contribution in [3.63, 3.8) is 0 Å². The molecule has 4 nitrogen and oxygen atoms in total. The molecule has 86 valence electrons. The van der Waals surface area contributed by atoms with E-state index in [1.54, 1.807) is 0 Å². The minimum atomic E-state index is -0.0870. The quantitative estimate of drug-likeness (QED) is 0.500. The summed E-state index contributed by atoms with van der Waals surface area (Å²) in [6, 6.07) is 0. The minimum absolute atomic E-state index is 0.0870. The second-order valence-electron chi connectivity index (χ2n) is 4.29. The molecule has 0 aromatic carbocycles. The molecule has 1 unspecified atom stereocenters. The fourth-order valence-electron chi connectivity index (χ4n) is 1.85. The molecule has 2 fully saturated rings. The lowest BCUT2D eigenvalue weighted by atomic mass is 10.1. The van der Waals surface area contributed by atoms with Crippen molar-refractivity contribution in [1.29, 1.82) is 0 Å². The standard InChI is InChI=1S/C11H19NO3/c13-11(15-9-10-8-14-10)4-7-12-5-2-1-3-6-12/h10H,1-9H2. The number of nitrogens with zero attached hydrogens (tertiary/aromatic N) is 1. The number of carbonyl (C=O) groups excluding carboxylic acids is 1. The summed E-state index contributed by atoms with van der Waals surface area (Å²) in [5.41, 5.74) is 0. The molecule has 0 aromatic rings. The van der Waals surface area contributed by atoms with E-state index in [2.05, 4.69) is 4.90 Å². The zero-order valence-corrected chi connectivity index (χ0v) is 9.11. The van der Waals surface area contributed by atoms with Crippen LogP contribution in [0.3, 0.4) is 0 Å². The smallest absolute Gasteiger partial charge is 0.307 e. The number of epoxide rings is 1. The van der Waals surface area contributed by atoms with Gasteiger partial charge in [-0.25, -0.2) is 0 Å². The molecule has 0 radical (unpaired) electrons. The lowest BCUT2D eigenvalue weighted by molar-refractivity contribution is -0.144. The van der Waals surface area contributed by atoms with Gasteiger partial charge >= 0.3 is 5.97 Å². The van der Waals surface area contributed by atoms with Crippen molar-refractivity contribution in [2.45, 2.75) is 31.8 Å². The topological polar surface area (TPSA) is 42.1 Å². The molecule has 1 atom stereocenters. The van der Waals surface area contributed by atoms with Crippen molar-refractivity contribution in [2.24, 2.45) is 0 Å². The summed E-state index contributed by atoms with van der Waals surface area (Å²) in [5, 5.41) is 0. The van der Waals surface area contributed by atoms with Gasteiger partial charge in [0.15, 0.2) is 0 Å². The van der Waals surface area contributed by atoms with Gasteiger partial charge in [0, 0.05) is 6.54 Å². The van der Waals surface area contributed by atoms with Gasteiger partial charge in [-0.05, 0) is 25.9 Å². The van der Waals surface area contributed by atoms with Gasteiger partial charge in [-0.2, -0.15) is 0 Å². The number of likely N-dealkylation sites (tertiary alicyclic amines) is 1. The Hall–Kier alpha value is -0.610. The zero-order valence-electron chi connectivity index (χ0n) is 9.11. The average Bonchev–Trinajstić information content (AvgIpc) is 3.09. The van der Waals surface area contributed by atoms with Gasteiger partial charge in [0.25, 0.3) is 0 Å². The third-order valence-electron chi connectivity index (χ3n) is 2.91. The van der Waals surface area contributed by atoms with Gasteiger partial charge in [0.1, 0.15) is 12.7 Å². The van der Waals surface area contributed by atoms with Gasteiger partial charge < -0.3 is 14.4 Å². The monoisotopic (exact) mass is 213 g/mol. The second kappa shape index (κ2) is 5.47. The van der Waals surface area contributed by atoms with Gasteiger partial charge in [-0.15, -0.1) is 0 Å². The van der Waals surface area contributed by atoms with Crippen LogP contribution in [-0.4, -0.2) is 49.8 Å². The Morgan fingerprint density at radius 2 is 2.07 bits per heavy atom. The molecule has 0 aliphatic carbocycles. The molecule has 0 spiro atoms. The summed E-state index contributed by atoms with van der Waals surface area (Å²) in [5.74, 6) is -0.0870. The molecule has 15 heavy (non-hydrogen) atoms. The Kier molecular flexibility index (Phi) is 3.97. The van der Waals surface area contributed by atoms with E-state index in [1.165, 1.54) is 19.3 Å². The van der Waals surface area contributed by atoms with E-state index < -0.39 is 0 Å². The summed E-state index contributed by atoms with van der Waals surface area (Å²) in [4.78, 5) is 13.7. The molecule has 0 saturated carbocycles. The molecule has 2 heterocycles. The number of hydrogen-bond acceptors (Lipinski definition) is 4. The number of carbonyl (C=O) groups is 1. The van der Waals surface area contributed by atoms with E-state index in [9.17, 15) is 4.79 Å². The molecule has 2 saturated heterocycles. The van der Waals surface area contributed by atoms with Gasteiger partial charge in [0.05, 0.1) is 13.0 Å². The Balaban J connectivity index is 1.53. The fourth-order valence-corrected chi connectivity index (χ4v) is 1.85. The molecule has 0 amide bonds. The highest BCUT2D eigenvalue weighted by Crippen LogP contribution is 2.10. The maximum Gasteiger partial charge on any atom is 0.307 e. The van der Waals surface area contributed by atoms with E-state index in [1.807, 2.05) is 0 Å². The SMILES string of the molecule is O=C(CCN1CCCCC1)OCC1CO1. The van der Waals surface area contributed by atoms with Crippen LogP contribution in [-0.2, 0) is 14.3 Å². The Morgan fingerprint density at radius 3 is 2.73 bits per heavy atom. The Labute approximate surface area is 90.5 Å². The number of piperidine rings is 1. The maximum atomic E-state index is 11.3. The molecular weight excluding hydrogens is 194 g/mol. The fraction of sp³-hybridized carbons (Fsp3) is 0.909. The molecule has 2 aliphatic heterocycles. The molecule has 0 aromatic heterocycles. The first-order valence-electron chi connectivity index (χ1n) is 5.84. The molecule has 4 heteroatoms. The van der Waals surface area contributed by atoms with Crippen molar-refractivity contribution < 1.29 is 14.3 Å². The molecular formula is C11H19NO3. The van der Waals surface area contributed by atoms with Crippen molar-refractivity contribution in [3.05, 3.63) is 0 Å². The van der Waals surface area contributed by atoms with Crippen LogP contribution < -0.4 is 0 Å². The van der Waals surface area contributed by atoms with E-state index in [4.69, 9.17) is 9.47 Å². The number of hydrogen-bond donors (Lipinski definition) is 0. The van der Waals surface area contributed by atoms with Crippen molar-refractivity contribution >= 4 is 5.97 Å². The van der Waals surface area contributed by atoms with E-state index in [0.717, 1.165) is 26.2 Å². The van der Waals surface area contributed by atoms with Crippen LogP contribution in [0.4, 0.5) is 0 Å². The number of esters is 1. The van der Waals surface area contributed by atoms with Gasteiger partial charge in [-0.3, -0.25) is 4.79 Å². The van der Waals surface area contributed by atoms with Gasteiger partial charge in [0.2, 0.25) is 0 Å². The van der Waals surface area contributed by atoms with Crippen LogP contribution in [0, 0.1) is 0 Å². The normalized spacial score (nSPS) is 26.3.